The normalized spacial score (nSPS) is 42.1. The Bertz CT molecular complexity index is 312. The SMILES string of the molecule is C=C1CN2CCC[C@@H]2[C@@]12CCOC2=O. The summed E-state index contributed by atoms with van der Waals surface area (Å²) < 4.78 is 5.14. The molecule has 3 nitrogen and oxygen atoms in total. The number of nitrogens with zero attached hydrogens (tertiary/aromatic N) is 1. The fourth-order valence-corrected chi connectivity index (χ4v) is 3.35. The first kappa shape index (κ1) is 8.48. The van der Waals surface area contributed by atoms with Crippen LogP contribution in [0.25, 0.3) is 0 Å². The molecule has 0 aromatic rings. The Labute approximate surface area is 83.7 Å². The van der Waals surface area contributed by atoms with Crippen LogP contribution in [-0.4, -0.2) is 36.6 Å². The highest BCUT2D eigenvalue weighted by Crippen LogP contribution is 2.50. The van der Waals surface area contributed by atoms with Crippen molar-refractivity contribution in [3.8, 4) is 0 Å². The Hall–Kier alpha value is -0.830. The van der Waals surface area contributed by atoms with Crippen LogP contribution in [0.15, 0.2) is 12.2 Å². The van der Waals surface area contributed by atoms with Crippen LogP contribution in [0.2, 0.25) is 0 Å². The van der Waals surface area contributed by atoms with Gasteiger partial charge in [-0.2, -0.15) is 0 Å². The lowest BCUT2D eigenvalue weighted by Gasteiger charge is -2.26. The smallest absolute Gasteiger partial charge is 0.318 e. The van der Waals surface area contributed by atoms with Gasteiger partial charge in [-0.1, -0.05) is 6.58 Å². The second-order valence-corrected chi connectivity index (χ2v) is 4.59. The maximum atomic E-state index is 11.8. The third kappa shape index (κ3) is 0.793. The Kier molecular flexibility index (Phi) is 1.57. The highest BCUT2D eigenvalue weighted by molar-refractivity contribution is 5.84. The molecular formula is C11H15NO2. The minimum Gasteiger partial charge on any atom is -0.465 e. The molecule has 0 radical (unpaired) electrons. The summed E-state index contributed by atoms with van der Waals surface area (Å²) in [6, 6.07) is 0.394. The van der Waals surface area contributed by atoms with Gasteiger partial charge in [0.15, 0.2) is 0 Å². The van der Waals surface area contributed by atoms with Gasteiger partial charge in [-0.05, 0) is 25.0 Å². The number of carbonyl (C=O) groups excluding carboxylic acids is 1. The van der Waals surface area contributed by atoms with Crippen molar-refractivity contribution in [2.24, 2.45) is 5.41 Å². The molecule has 2 atom stereocenters. The Morgan fingerprint density at radius 2 is 2.43 bits per heavy atom. The summed E-state index contributed by atoms with van der Waals surface area (Å²) in [5.74, 6) is -0.0168. The number of cyclic esters (lactones) is 1. The summed E-state index contributed by atoms with van der Waals surface area (Å²) in [6.07, 6.45) is 3.20. The van der Waals surface area contributed by atoms with E-state index in [9.17, 15) is 4.79 Å². The number of rotatable bonds is 0. The molecule has 14 heavy (non-hydrogen) atoms. The Morgan fingerprint density at radius 1 is 1.57 bits per heavy atom. The van der Waals surface area contributed by atoms with E-state index in [1.165, 1.54) is 6.42 Å². The highest BCUT2D eigenvalue weighted by Gasteiger charge is 2.59. The maximum Gasteiger partial charge on any atom is 0.318 e. The molecule has 0 aromatic carbocycles. The van der Waals surface area contributed by atoms with Gasteiger partial charge < -0.3 is 4.74 Å². The van der Waals surface area contributed by atoms with Gasteiger partial charge >= 0.3 is 5.97 Å². The standard InChI is InChI=1S/C11H15NO2/c1-8-7-12-5-2-3-9(12)11(8)4-6-14-10(11)13/h9H,1-7H2/t9-,11-/m1/s1. The lowest BCUT2D eigenvalue weighted by molar-refractivity contribution is -0.145. The van der Waals surface area contributed by atoms with Crippen molar-refractivity contribution in [1.82, 2.24) is 4.90 Å². The molecular weight excluding hydrogens is 178 g/mol. The second-order valence-electron chi connectivity index (χ2n) is 4.59. The molecule has 3 aliphatic heterocycles. The van der Waals surface area contributed by atoms with Gasteiger partial charge in [-0.25, -0.2) is 0 Å². The summed E-state index contributed by atoms with van der Waals surface area (Å²) in [5.41, 5.74) is 0.765. The molecule has 3 aliphatic rings. The van der Waals surface area contributed by atoms with Crippen molar-refractivity contribution in [2.45, 2.75) is 25.3 Å². The summed E-state index contributed by atoms with van der Waals surface area (Å²) in [4.78, 5) is 14.2. The van der Waals surface area contributed by atoms with Gasteiger partial charge in [-0.15, -0.1) is 0 Å². The van der Waals surface area contributed by atoms with Crippen LogP contribution >= 0.6 is 0 Å². The number of esters is 1. The van der Waals surface area contributed by atoms with Crippen LogP contribution in [0, 0.1) is 5.41 Å². The number of fused-ring (bicyclic) bond motifs is 2. The molecule has 3 heterocycles. The fourth-order valence-electron chi connectivity index (χ4n) is 3.35. The van der Waals surface area contributed by atoms with E-state index in [0.29, 0.717) is 12.6 Å². The van der Waals surface area contributed by atoms with Crippen molar-refractivity contribution in [3.63, 3.8) is 0 Å². The topological polar surface area (TPSA) is 29.5 Å². The first-order chi connectivity index (χ1) is 6.75. The second kappa shape index (κ2) is 2.60. The number of hydrogen-bond donors (Lipinski definition) is 0. The van der Waals surface area contributed by atoms with E-state index in [1.807, 2.05) is 0 Å². The van der Waals surface area contributed by atoms with Gasteiger partial charge in [0.2, 0.25) is 0 Å². The maximum absolute atomic E-state index is 11.8. The van der Waals surface area contributed by atoms with E-state index >= 15 is 0 Å². The largest absolute Gasteiger partial charge is 0.465 e. The van der Waals surface area contributed by atoms with Gasteiger partial charge in [-0.3, -0.25) is 9.69 Å². The quantitative estimate of drug-likeness (QED) is 0.424. The van der Waals surface area contributed by atoms with Crippen LogP contribution in [0.5, 0.6) is 0 Å². The molecule has 3 fully saturated rings. The van der Waals surface area contributed by atoms with Gasteiger partial charge in [0.1, 0.15) is 5.41 Å². The van der Waals surface area contributed by atoms with Crippen molar-refractivity contribution >= 4 is 5.97 Å². The third-order valence-corrected chi connectivity index (χ3v) is 4.05. The molecule has 0 aliphatic carbocycles. The van der Waals surface area contributed by atoms with E-state index in [2.05, 4.69) is 11.5 Å². The zero-order valence-corrected chi connectivity index (χ0v) is 8.29. The van der Waals surface area contributed by atoms with E-state index in [1.54, 1.807) is 0 Å². The number of hydrogen-bond acceptors (Lipinski definition) is 3. The van der Waals surface area contributed by atoms with Crippen molar-refractivity contribution in [1.29, 1.82) is 0 Å². The monoisotopic (exact) mass is 193 g/mol. The minimum atomic E-state index is -0.323. The predicted octanol–water partition coefficient (Wildman–Crippen LogP) is 0.954. The number of ether oxygens (including phenoxy) is 1. The average Bonchev–Trinajstić information content (AvgIpc) is 2.76. The molecule has 0 saturated carbocycles. The van der Waals surface area contributed by atoms with Crippen LogP contribution in [0.3, 0.4) is 0 Å². The molecule has 0 aromatic heterocycles. The van der Waals surface area contributed by atoms with Gasteiger partial charge in [0, 0.05) is 19.0 Å². The molecule has 0 amide bonds. The molecule has 3 heteroatoms. The van der Waals surface area contributed by atoms with E-state index in [0.717, 1.165) is 31.5 Å². The van der Waals surface area contributed by atoms with Crippen molar-refractivity contribution < 1.29 is 9.53 Å². The zero-order valence-electron chi connectivity index (χ0n) is 8.29. The van der Waals surface area contributed by atoms with E-state index in [-0.39, 0.29) is 11.4 Å². The van der Waals surface area contributed by atoms with Crippen LogP contribution in [-0.2, 0) is 9.53 Å². The molecule has 3 saturated heterocycles. The Balaban J connectivity index is 2.04. The molecule has 0 N–H and O–H groups in total. The number of carbonyl (C=O) groups is 1. The third-order valence-electron chi connectivity index (χ3n) is 4.05. The zero-order chi connectivity index (χ0) is 9.76. The Morgan fingerprint density at radius 3 is 3.14 bits per heavy atom. The van der Waals surface area contributed by atoms with E-state index < -0.39 is 0 Å². The van der Waals surface area contributed by atoms with Crippen LogP contribution < -0.4 is 0 Å². The van der Waals surface area contributed by atoms with Crippen LogP contribution in [0.1, 0.15) is 19.3 Å². The molecule has 1 spiro atoms. The molecule has 76 valence electrons. The molecule has 0 bridgehead atoms. The van der Waals surface area contributed by atoms with Crippen molar-refractivity contribution in [2.75, 3.05) is 19.7 Å². The van der Waals surface area contributed by atoms with E-state index in [4.69, 9.17) is 4.74 Å². The summed E-state index contributed by atoms with van der Waals surface area (Å²) >= 11 is 0. The molecule has 0 unspecified atom stereocenters. The minimum absolute atomic E-state index is 0.0168. The average molecular weight is 193 g/mol. The summed E-state index contributed by atoms with van der Waals surface area (Å²) in [5, 5.41) is 0. The first-order valence-corrected chi connectivity index (χ1v) is 5.35. The molecule has 3 rings (SSSR count). The van der Waals surface area contributed by atoms with Gasteiger partial charge in [0.25, 0.3) is 0 Å². The summed E-state index contributed by atoms with van der Waals surface area (Å²) in [6.45, 7) is 6.69. The first-order valence-electron chi connectivity index (χ1n) is 5.35. The highest BCUT2D eigenvalue weighted by atomic mass is 16.5. The summed E-state index contributed by atoms with van der Waals surface area (Å²) in [7, 11) is 0. The van der Waals surface area contributed by atoms with Gasteiger partial charge in [0.05, 0.1) is 6.61 Å². The lowest BCUT2D eigenvalue weighted by atomic mass is 9.75. The lowest BCUT2D eigenvalue weighted by Crippen LogP contribution is -2.39. The predicted molar refractivity (Wildman–Crippen MR) is 51.7 cm³/mol. The fraction of sp³-hybridized carbons (Fsp3) is 0.727. The van der Waals surface area contributed by atoms with Crippen molar-refractivity contribution in [3.05, 3.63) is 12.2 Å². The van der Waals surface area contributed by atoms with Crippen LogP contribution in [0.4, 0.5) is 0 Å².